The molecule has 0 amide bonds. The Hall–Kier alpha value is -1.28. The van der Waals surface area contributed by atoms with Gasteiger partial charge in [-0.3, -0.25) is 9.36 Å². The zero-order chi connectivity index (χ0) is 17.4. The Morgan fingerprint density at radius 3 is 2.72 bits per heavy atom. The number of nitrogens with zero attached hydrogens (tertiary/aromatic N) is 2. The van der Waals surface area contributed by atoms with Crippen molar-refractivity contribution in [2.45, 2.75) is 41.9 Å². The first kappa shape index (κ1) is 17.1. The quantitative estimate of drug-likeness (QED) is 0.604. The smallest absolute Gasteiger partial charge is 0.272 e. The zero-order valence-corrected chi connectivity index (χ0v) is 15.9. The molecule has 0 radical (unpaired) electrons. The average molecular weight is 377 g/mol. The summed E-state index contributed by atoms with van der Waals surface area (Å²) in [5, 5.41) is 1.10. The zero-order valence-electron chi connectivity index (χ0n) is 14.2. The van der Waals surface area contributed by atoms with Crippen LogP contribution >= 0.6 is 23.5 Å². The Bertz CT molecular complexity index is 829. The number of ether oxygens (including phenoxy) is 2. The predicted octanol–water partition coefficient (Wildman–Crippen LogP) is 3.04. The maximum absolute atomic E-state index is 13.1. The molecule has 0 bridgehead atoms. The van der Waals surface area contributed by atoms with Crippen LogP contribution in [0.25, 0.3) is 5.69 Å². The summed E-state index contributed by atoms with van der Waals surface area (Å²) in [7, 11) is 0. The van der Waals surface area contributed by atoms with Crippen molar-refractivity contribution in [3.05, 3.63) is 45.9 Å². The first-order chi connectivity index (χ1) is 12.1. The molecular formula is C18H20N2O3S2. The standard InChI is InChI=1S/C18H20N2O3S2/c1-11-3-5-13(6-4-11)20-17(21)16-14(9-12(2)25-16)19-18(20)24-10-15-22-7-8-23-15/h3-6,12,15H,7-10H2,1-2H3. The van der Waals surface area contributed by atoms with Gasteiger partial charge in [0.25, 0.3) is 5.56 Å². The topological polar surface area (TPSA) is 53.4 Å². The SMILES string of the molecule is Cc1ccc(-n2c(SCC3OCCO3)nc3c(c2=O)SC(C)C3)cc1. The summed E-state index contributed by atoms with van der Waals surface area (Å²) in [6.07, 6.45) is 0.614. The minimum Gasteiger partial charge on any atom is -0.349 e. The van der Waals surface area contributed by atoms with E-state index in [2.05, 4.69) is 6.92 Å². The predicted molar refractivity (Wildman–Crippen MR) is 100 cm³/mol. The Labute approximate surface area is 155 Å². The molecule has 4 rings (SSSR count). The van der Waals surface area contributed by atoms with Crippen LogP contribution < -0.4 is 5.56 Å². The van der Waals surface area contributed by atoms with Crippen LogP contribution in [0.4, 0.5) is 0 Å². The lowest BCUT2D eigenvalue weighted by molar-refractivity contribution is -0.0215. The summed E-state index contributed by atoms with van der Waals surface area (Å²) >= 11 is 3.14. The molecule has 0 aliphatic carbocycles. The third-order valence-corrected chi connectivity index (χ3v) is 6.40. The van der Waals surface area contributed by atoms with Crippen LogP contribution in [0.15, 0.2) is 39.1 Å². The number of benzene rings is 1. The van der Waals surface area contributed by atoms with E-state index in [0.29, 0.717) is 29.4 Å². The normalized spacial score (nSPS) is 20.2. The Balaban J connectivity index is 1.75. The second-order valence-corrected chi connectivity index (χ2v) is 8.70. The fourth-order valence-corrected chi connectivity index (χ4v) is 5.03. The van der Waals surface area contributed by atoms with Crippen LogP contribution in [0, 0.1) is 6.92 Å². The molecule has 1 atom stereocenters. The molecule has 1 aromatic heterocycles. The third kappa shape index (κ3) is 3.51. The summed E-state index contributed by atoms with van der Waals surface area (Å²) in [6.45, 7) is 5.42. The number of hydrogen-bond donors (Lipinski definition) is 0. The van der Waals surface area contributed by atoms with Gasteiger partial charge in [0, 0.05) is 11.7 Å². The van der Waals surface area contributed by atoms with Crippen molar-refractivity contribution < 1.29 is 9.47 Å². The van der Waals surface area contributed by atoms with Gasteiger partial charge >= 0.3 is 0 Å². The highest BCUT2D eigenvalue weighted by Gasteiger charge is 2.27. The first-order valence-electron chi connectivity index (χ1n) is 8.37. The van der Waals surface area contributed by atoms with Gasteiger partial charge < -0.3 is 9.47 Å². The Morgan fingerprint density at radius 2 is 2.00 bits per heavy atom. The van der Waals surface area contributed by atoms with Gasteiger partial charge in [0.15, 0.2) is 11.4 Å². The highest BCUT2D eigenvalue weighted by atomic mass is 32.2. The molecule has 1 saturated heterocycles. The molecule has 0 saturated carbocycles. The molecule has 5 nitrogen and oxygen atoms in total. The lowest BCUT2D eigenvalue weighted by atomic mass is 10.2. The number of aryl methyl sites for hydroxylation is 1. The number of fused-ring (bicyclic) bond motifs is 1. The second kappa shape index (κ2) is 7.15. The van der Waals surface area contributed by atoms with Crippen LogP contribution in [-0.4, -0.2) is 40.1 Å². The molecule has 3 heterocycles. The van der Waals surface area contributed by atoms with Crippen LogP contribution in [0.1, 0.15) is 18.2 Å². The Morgan fingerprint density at radius 1 is 1.28 bits per heavy atom. The number of thioether (sulfide) groups is 2. The number of hydrogen-bond acceptors (Lipinski definition) is 6. The third-order valence-electron chi connectivity index (χ3n) is 4.21. The van der Waals surface area contributed by atoms with E-state index in [9.17, 15) is 4.79 Å². The van der Waals surface area contributed by atoms with Gasteiger partial charge in [0.05, 0.1) is 35.2 Å². The molecule has 0 spiro atoms. The Kier molecular flexibility index (Phi) is 4.90. The van der Waals surface area contributed by atoms with Crippen molar-refractivity contribution in [1.82, 2.24) is 9.55 Å². The second-order valence-electron chi connectivity index (χ2n) is 6.26. The van der Waals surface area contributed by atoms with Crippen molar-refractivity contribution >= 4 is 23.5 Å². The molecule has 2 aromatic rings. The maximum Gasteiger partial charge on any atom is 0.272 e. The van der Waals surface area contributed by atoms with E-state index in [4.69, 9.17) is 14.5 Å². The van der Waals surface area contributed by atoms with Gasteiger partial charge in [-0.1, -0.05) is 36.4 Å². The van der Waals surface area contributed by atoms with Gasteiger partial charge in [-0.2, -0.15) is 0 Å². The molecule has 2 aliphatic rings. The van der Waals surface area contributed by atoms with Gasteiger partial charge in [-0.15, -0.1) is 11.8 Å². The molecule has 2 aliphatic heterocycles. The lowest BCUT2D eigenvalue weighted by Crippen LogP contribution is -2.24. The highest BCUT2D eigenvalue weighted by Crippen LogP contribution is 2.35. The number of rotatable bonds is 4. The van der Waals surface area contributed by atoms with Crippen molar-refractivity contribution in [3.63, 3.8) is 0 Å². The minimum atomic E-state index is -0.227. The van der Waals surface area contributed by atoms with Crippen LogP contribution in [-0.2, 0) is 15.9 Å². The summed E-state index contributed by atoms with van der Waals surface area (Å²) in [4.78, 5) is 18.7. The van der Waals surface area contributed by atoms with Gasteiger partial charge in [-0.25, -0.2) is 4.98 Å². The van der Waals surface area contributed by atoms with Gasteiger partial charge in [-0.05, 0) is 19.1 Å². The van der Waals surface area contributed by atoms with E-state index in [1.54, 1.807) is 16.3 Å². The fourth-order valence-electron chi connectivity index (χ4n) is 2.96. The van der Waals surface area contributed by atoms with Crippen LogP contribution in [0.5, 0.6) is 0 Å². The monoisotopic (exact) mass is 376 g/mol. The highest BCUT2D eigenvalue weighted by molar-refractivity contribution is 8.00. The van der Waals surface area contributed by atoms with E-state index >= 15 is 0 Å². The largest absolute Gasteiger partial charge is 0.349 e. The fraction of sp³-hybridized carbons (Fsp3) is 0.444. The summed E-state index contributed by atoms with van der Waals surface area (Å²) in [6, 6.07) is 7.98. The van der Waals surface area contributed by atoms with Crippen molar-refractivity contribution in [3.8, 4) is 5.69 Å². The molecule has 0 N–H and O–H groups in total. The van der Waals surface area contributed by atoms with E-state index in [-0.39, 0.29) is 11.8 Å². The van der Waals surface area contributed by atoms with E-state index < -0.39 is 0 Å². The molecular weight excluding hydrogens is 356 g/mol. The molecule has 7 heteroatoms. The van der Waals surface area contributed by atoms with Crippen LogP contribution in [0.2, 0.25) is 0 Å². The minimum absolute atomic E-state index is 0.0268. The number of aromatic nitrogens is 2. The molecule has 25 heavy (non-hydrogen) atoms. The maximum atomic E-state index is 13.1. The first-order valence-corrected chi connectivity index (χ1v) is 10.2. The summed E-state index contributed by atoms with van der Waals surface area (Å²) in [5.74, 6) is 0.625. The molecule has 1 unspecified atom stereocenters. The summed E-state index contributed by atoms with van der Waals surface area (Å²) < 4.78 is 12.8. The van der Waals surface area contributed by atoms with Gasteiger partial charge in [0.1, 0.15) is 0 Å². The molecule has 1 fully saturated rings. The van der Waals surface area contributed by atoms with Crippen molar-refractivity contribution in [2.75, 3.05) is 19.0 Å². The van der Waals surface area contributed by atoms with E-state index in [1.165, 1.54) is 11.8 Å². The average Bonchev–Trinajstić information content (AvgIpc) is 3.23. The lowest BCUT2D eigenvalue weighted by Gasteiger charge is -2.15. The van der Waals surface area contributed by atoms with Crippen molar-refractivity contribution in [2.24, 2.45) is 0 Å². The van der Waals surface area contributed by atoms with E-state index in [1.807, 2.05) is 31.2 Å². The van der Waals surface area contributed by atoms with Crippen molar-refractivity contribution in [1.29, 1.82) is 0 Å². The molecule has 1 aromatic carbocycles. The van der Waals surface area contributed by atoms with E-state index in [0.717, 1.165) is 28.3 Å². The van der Waals surface area contributed by atoms with Crippen LogP contribution in [0.3, 0.4) is 0 Å². The molecule has 132 valence electrons. The summed E-state index contributed by atoms with van der Waals surface area (Å²) in [5.41, 5.74) is 2.96. The van der Waals surface area contributed by atoms with Gasteiger partial charge in [0.2, 0.25) is 0 Å².